The highest BCUT2D eigenvalue weighted by molar-refractivity contribution is 6.37. The third kappa shape index (κ3) is 5.48. The molecule has 1 atom stereocenters. The van der Waals surface area contributed by atoms with Crippen LogP contribution in [0.15, 0.2) is 35.6 Å². The van der Waals surface area contributed by atoms with E-state index < -0.39 is 35.8 Å². The van der Waals surface area contributed by atoms with Gasteiger partial charge in [0.05, 0.1) is 37.8 Å². The number of nitrogens with one attached hydrogen (secondary N) is 1. The average Bonchev–Trinajstić information content (AvgIpc) is 3.07. The minimum atomic E-state index is -1.53. The lowest BCUT2D eigenvalue weighted by atomic mass is 10.1. The Hall–Kier alpha value is -3.89. The molecule has 1 heterocycles. The second-order valence-corrected chi connectivity index (χ2v) is 6.42. The fraction of sp³-hybridized carbons (Fsp3) is 0.409. The molecule has 1 unspecified atom stereocenters. The molecule has 178 valence electrons. The number of esters is 3. The number of hydrogen-bond donors (Lipinski definition) is 1. The van der Waals surface area contributed by atoms with Crippen LogP contribution in [0.5, 0.6) is 0 Å². The molecule has 1 aromatic carbocycles. The predicted octanol–water partition coefficient (Wildman–Crippen LogP) is 1.32. The predicted molar refractivity (Wildman–Crippen MR) is 115 cm³/mol. The molecule has 0 aromatic heterocycles. The molecular formula is C22H26N2O9. The molecule has 11 heteroatoms. The van der Waals surface area contributed by atoms with Gasteiger partial charge in [-0.25, -0.2) is 14.4 Å². The van der Waals surface area contributed by atoms with E-state index in [1.54, 1.807) is 39.8 Å². The zero-order valence-electron chi connectivity index (χ0n) is 18.8. The molecule has 0 saturated heterocycles. The lowest BCUT2D eigenvalue weighted by molar-refractivity contribution is -0.152. The van der Waals surface area contributed by atoms with Crippen LogP contribution in [-0.2, 0) is 42.9 Å². The van der Waals surface area contributed by atoms with Crippen LogP contribution in [0.4, 0.5) is 11.4 Å². The van der Waals surface area contributed by atoms with Crippen LogP contribution in [-0.4, -0.2) is 62.2 Å². The summed E-state index contributed by atoms with van der Waals surface area (Å²) < 4.78 is 20.3. The zero-order chi connectivity index (χ0) is 24.5. The van der Waals surface area contributed by atoms with E-state index in [4.69, 9.17) is 14.2 Å². The van der Waals surface area contributed by atoms with E-state index in [0.717, 1.165) is 4.90 Å². The van der Waals surface area contributed by atoms with Crippen LogP contribution in [0.3, 0.4) is 0 Å². The molecule has 0 radical (unpaired) electrons. The number of amides is 2. The van der Waals surface area contributed by atoms with E-state index >= 15 is 0 Å². The molecule has 0 saturated carbocycles. The van der Waals surface area contributed by atoms with E-state index in [2.05, 4.69) is 10.1 Å². The van der Waals surface area contributed by atoms with Crippen molar-refractivity contribution in [1.82, 2.24) is 0 Å². The van der Waals surface area contributed by atoms with E-state index in [1.165, 1.54) is 12.1 Å². The van der Waals surface area contributed by atoms with Gasteiger partial charge in [0.1, 0.15) is 5.57 Å². The Morgan fingerprint density at radius 2 is 1.55 bits per heavy atom. The maximum absolute atomic E-state index is 13.3. The maximum atomic E-state index is 13.3. The van der Waals surface area contributed by atoms with E-state index in [-0.39, 0.29) is 49.1 Å². The molecule has 0 spiro atoms. The van der Waals surface area contributed by atoms with E-state index in [1.807, 2.05) is 0 Å². The van der Waals surface area contributed by atoms with Crippen molar-refractivity contribution in [1.29, 1.82) is 0 Å². The molecule has 2 rings (SSSR count). The van der Waals surface area contributed by atoms with Crippen molar-refractivity contribution < 1.29 is 42.9 Å². The van der Waals surface area contributed by atoms with Gasteiger partial charge in [-0.3, -0.25) is 14.5 Å². The normalized spacial score (nSPS) is 15.2. The molecule has 1 aliphatic heterocycles. The summed E-state index contributed by atoms with van der Waals surface area (Å²) >= 11 is 0. The third-order valence-electron chi connectivity index (χ3n) is 4.36. The standard InChI is InChI=1S/C22H26N2O9/c1-5-30-17-15(20(27)31-6-2)16(21(28)32-7-3)24(19(17)26)14-12-10-9-11-13(14)23-18(25)22(29)33-8-4/h9-12,16H,5-8H2,1-4H3,(H,23,25). The number of anilines is 2. The van der Waals surface area contributed by atoms with Crippen LogP contribution >= 0.6 is 0 Å². The Morgan fingerprint density at radius 3 is 2.15 bits per heavy atom. The Balaban J connectivity index is 2.60. The van der Waals surface area contributed by atoms with Gasteiger partial charge in [-0.05, 0) is 39.8 Å². The molecule has 0 fully saturated rings. The number of rotatable bonds is 9. The van der Waals surface area contributed by atoms with Gasteiger partial charge in [0.2, 0.25) is 0 Å². The fourth-order valence-electron chi connectivity index (χ4n) is 3.14. The molecule has 1 N–H and O–H groups in total. The summed E-state index contributed by atoms with van der Waals surface area (Å²) in [4.78, 5) is 63.9. The van der Waals surface area contributed by atoms with Crippen LogP contribution in [0.2, 0.25) is 0 Å². The molecule has 2 amide bonds. The number of carbonyl (C=O) groups excluding carboxylic acids is 5. The van der Waals surface area contributed by atoms with Crippen molar-refractivity contribution in [3.63, 3.8) is 0 Å². The van der Waals surface area contributed by atoms with Gasteiger partial charge in [-0.15, -0.1) is 0 Å². The molecular weight excluding hydrogens is 436 g/mol. The largest absolute Gasteiger partial charge is 0.488 e. The van der Waals surface area contributed by atoms with Crippen LogP contribution in [0, 0.1) is 0 Å². The molecule has 1 aliphatic rings. The van der Waals surface area contributed by atoms with Gasteiger partial charge in [0.15, 0.2) is 11.8 Å². The first-order valence-electron chi connectivity index (χ1n) is 10.4. The Morgan fingerprint density at radius 1 is 0.909 bits per heavy atom. The van der Waals surface area contributed by atoms with Crippen molar-refractivity contribution in [2.75, 3.05) is 36.6 Å². The highest BCUT2D eigenvalue weighted by Gasteiger charge is 2.50. The van der Waals surface area contributed by atoms with Crippen molar-refractivity contribution in [2.24, 2.45) is 0 Å². The van der Waals surface area contributed by atoms with Crippen molar-refractivity contribution in [3.8, 4) is 0 Å². The monoisotopic (exact) mass is 462 g/mol. The van der Waals surface area contributed by atoms with Crippen molar-refractivity contribution in [2.45, 2.75) is 33.7 Å². The molecule has 11 nitrogen and oxygen atoms in total. The second-order valence-electron chi connectivity index (χ2n) is 6.42. The number of benzene rings is 1. The molecule has 0 bridgehead atoms. The second kappa shape index (κ2) is 11.7. The number of ether oxygens (including phenoxy) is 4. The van der Waals surface area contributed by atoms with Gasteiger partial charge in [-0.2, -0.15) is 0 Å². The Bertz CT molecular complexity index is 970. The van der Waals surface area contributed by atoms with Gasteiger partial charge in [0.25, 0.3) is 5.91 Å². The Kier molecular flexibility index (Phi) is 8.96. The zero-order valence-corrected chi connectivity index (χ0v) is 18.8. The summed E-state index contributed by atoms with van der Waals surface area (Å²) in [5.74, 6) is -5.18. The average molecular weight is 462 g/mol. The smallest absolute Gasteiger partial charge is 0.397 e. The highest BCUT2D eigenvalue weighted by atomic mass is 16.5. The van der Waals surface area contributed by atoms with Crippen molar-refractivity contribution >= 4 is 41.1 Å². The summed E-state index contributed by atoms with van der Waals surface area (Å²) in [5, 5.41) is 2.37. The number of nitrogens with zero attached hydrogens (tertiary/aromatic N) is 1. The van der Waals surface area contributed by atoms with Gasteiger partial charge in [0, 0.05) is 0 Å². The quantitative estimate of drug-likeness (QED) is 0.327. The summed E-state index contributed by atoms with van der Waals surface area (Å²) in [7, 11) is 0. The van der Waals surface area contributed by atoms with E-state index in [0.29, 0.717) is 0 Å². The van der Waals surface area contributed by atoms with E-state index in [9.17, 15) is 24.0 Å². The van der Waals surface area contributed by atoms with Crippen molar-refractivity contribution in [3.05, 3.63) is 35.6 Å². The third-order valence-corrected chi connectivity index (χ3v) is 4.36. The van der Waals surface area contributed by atoms with Gasteiger partial charge < -0.3 is 24.3 Å². The van der Waals surface area contributed by atoms with Crippen LogP contribution in [0.25, 0.3) is 0 Å². The first-order valence-corrected chi connectivity index (χ1v) is 10.4. The van der Waals surface area contributed by atoms with Crippen LogP contribution in [0.1, 0.15) is 27.7 Å². The minimum absolute atomic E-state index is 0.00232. The highest BCUT2D eigenvalue weighted by Crippen LogP contribution is 2.37. The first-order chi connectivity index (χ1) is 15.8. The lowest BCUT2D eigenvalue weighted by Crippen LogP contribution is -2.44. The number of carbonyl (C=O) groups is 5. The molecule has 1 aromatic rings. The van der Waals surface area contributed by atoms with Crippen LogP contribution < -0.4 is 10.2 Å². The summed E-state index contributed by atoms with van der Waals surface area (Å²) in [6, 6.07) is 4.42. The topological polar surface area (TPSA) is 138 Å². The summed E-state index contributed by atoms with van der Waals surface area (Å²) in [6.07, 6.45) is 0. The van der Waals surface area contributed by atoms with Gasteiger partial charge >= 0.3 is 23.8 Å². The maximum Gasteiger partial charge on any atom is 0.397 e. The summed E-state index contributed by atoms with van der Waals surface area (Å²) in [5.41, 5.74) is -0.248. The first kappa shape index (κ1) is 25.4. The lowest BCUT2D eigenvalue weighted by Gasteiger charge is -2.26. The molecule has 33 heavy (non-hydrogen) atoms. The number of hydrogen-bond acceptors (Lipinski definition) is 9. The van der Waals surface area contributed by atoms with Gasteiger partial charge in [-0.1, -0.05) is 12.1 Å². The minimum Gasteiger partial charge on any atom is -0.488 e. The fourth-order valence-corrected chi connectivity index (χ4v) is 3.14. The SMILES string of the molecule is CCOC(=O)C(=O)Nc1ccccc1N1C(=O)C(OCC)=C(C(=O)OCC)C1C(=O)OCC. The summed E-state index contributed by atoms with van der Waals surface area (Å²) in [6.45, 7) is 6.32. The molecule has 0 aliphatic carbocycles. The Labute approximate surface area is 190 Å². The number of para-hydroxylation sites is 2.